The molecule has 1 unspecified atom stereocenters. The Hall–Kier alpha value is -11.3. The van der Waals surface area contributed by atoms with Gasteiger partial charge in [-0.3, -0.25) is 76.7 Å². The highest BCUT2D eigenvalue weighted by Gasteiger charge is 2.48. The second-order valence-electron chi connectivity index (χ2n) is 28.6. The number of carbonyl (C=O) groups is 16. The van der Waals surface area contributed by atoms with E-state index in [1.54, 1.807) is 13.8 Å². The number of nitrogens with two attached hydrogens (primary N) is 3. The van der Waals surface area contributed by atoms with Crippen LogP contribution in [0.15, 0.2) is 42.5 Å². The Kier molecular flexibility index (Phi) is 33.9. The zero-order valence-corrected chi connectivity index (χ0v) is 64.3. The number of carbonyl (C=O) groups excluding carboxylic acids is 16. The van der Waals surface area contributed by atoms with E-state index in [0.717, 1.165) is 13.8 Å². The summed E-state index contributed by atoms with van der Waals surface area (Å²) in [5.74, 6) is -18.2. The van der Waals surface area contributed by atoms with Crippen molar-refractivity contribution < 1.29 is 132 Å². The van der Waals surface area contributed by atoms with Crippen molar-refractivity contribution >= 4 is 94.1 Å². The van der Waals surface area contributed by atoms with E-state index >= 15 is 0 Å². The lowest BCUT2D eigenvalue weighted by Gasteiger charge is -2.40. The van der Waals surface area contributed by atoms with Crippen LogP contribution in [-0.4, -0.2) is 266 Å². The molecule has 0 aromatic heterocycles. The van der Waals surface area contributed by atoms with Gasteiger partial charge in [0.1, 0.15) is 102 Å². The molecule has 25 N–H and O–H groups in total. The number of Topliss-reactive ketones (excluding diaryl/α,β-unsaturated/α-hetero) is 1. The molecule has 15 atom stereocenters. The Labute approximate surface area is 658 Å². The highest BCUT2D eigenvalue weighted by molar-refractivity contribution is 6.31. The molecule has 3 aromatic carbocycles. The number of nitrogens with one attached hydrogen (secondary N) is 11. The van der Waals surface area contributed by atoms with Crippen LogP contribution >= 0.6 is 0 Å². The van der Waals surface area contributed by atoms with Crippen molar-refractivity contribution in [2.75, 3.05) is 40.1 Å². The van der Waals surface area contributed by atoms with Crippen molar-refractivity contribution in [3.63, 3.8) is 0 Å². The number of hydrogen-bond acceptors (Lipinski definition) is 28. The van der Waals surface area contributed by atoms with Crippen LogP contribution in [0.4, 0.5) is 0 Å². The second-order valence-corrected chi connectivity index (χ2v) is 28.6. The number of ether oxygens (including phenoxy) is 3. The standard InChI is InChI=1S/C74H102N14O27/c1-32(2)23-45(68(106)82-44-26-55(114-35(5)59(44)98)115-63-39-20-21-74(112,52(95)31-92)27-41(39)61(100)57-58(63)62(101)56-40(60(57)99)11-10-13-51(56)113-7)84-72(110)49(29-90)88-73(111)50(30-91)87-67(105)43(18-19-53(76)96)81-69(107)46(24-37-14-16-38(94)17-15-37)85-71(109)48(28-89)86-65(103)34(4)79-66(104)42(12-8-9-22-75)80-70(108)47(25-54(77)97)83-64(102)33(3)78-36(6)93/h10-11,13-17,32-35,42-50,55,59,89-92,94,98,100,112H,8-9,12,18-31,75H2,1-7H3,(H2,76,96)(H2,77,97)(H,78,93)(H,79,104)(H,80,108)(H,81,107)(H,82,106)(H,83,102)(H,84,110)(H,85,109)(H,86,103)(H,87,105)(H,88,111)/t33-,34-,35+,42-,43-,44+,45-,46-,47-,48-,49-,50-,55?,59-,74+/m0/s1. The summed E-state index contributed by atoms with van der Waals surface area (Å²) in [5, 5.41) is 112. The zero-order valence-electron chi connectivity index (χ0n) is 64.3. The summed E-state index contributed by atoms with van der Waals surface area (Å²) >= 11 is 0. The summed E-state index contributed by atoms with van der Waals surface area (Å²) in [6.45, 7) is 3.86. The number of phenols is 2. The Morgan fingerprint density at radius 1 is 0.591 bits per heavy atom. The normalized spacial score (nSPS) is 19.4. The van der Waals surface area contributed by atoms with Gasteiger partial charge in [-0.15, -0.1) is 0 Å². The zero-order chi connectivity index (χ0) is 85.6. The van der Waals surface area contributed by atoms with Crippen LogP contribution in [0.2, 0.25) is 0 Å². The summed E-state index contributed by atoms with van der Waals surface area (Å²) in [7, 11) is 1.27. The molecule has 3 aliphatic rings. The van der Waals surface area contributed by atoms with Gasteiger partial charge in [-0.2, -0.15) is 0 Å². The fourth-order valence-electron chi connectivity index (χ4n) is 13.1. The summed E-state index contributed by atoms with van der Waals surface area (Å²) < 4.78 is 18.0. The maximum absolute atomic E-state index is 14.7. The number of ketones is 3. The molecule has 13 amide bonds. The molecule has 0 bridgehead atoms. The van der Waals surface area contributed by atoms with Gasteiger partial charge in [-0.1, -0.05) is 38.1 Å². The van der Waals surface area contributed by atoms with Gasteiger partial charge in [-0.25, -0.2) is 0 Å². The molecular formula is C74H102N14O27. The second kappa shape index (κ2) is 42.1. The van der Waals surface area contributed by atoms with Gasteiger partial charge >= 0.3 is 0 Å². The number of methoxy groups -OCH3 is 1. The molecule has 0 spiro atoms. The number of primary amides is 2. The Morgan fingerprint density at radius 2 is 1.10 bits per heavy atom. The van der Waals surface area contributed by atoms with E-state index in [9.17, 15) is 118 Å². The van der Waals surface area contributed by atoms with Crippen molar-refractivity contribution in [3.8, 4) is 23.0 Å². The molecule has 3 aromatic rings. The van der Waals surface area contributed by atoms with Gasteiger partial charge < -0.3 is 131 Å². The predicted molar refractivity (Wildman–Crippen MR) is 399 cm³/mol. The van der Waals surface area contributed by atoms with E-state index in [1.807, 2.05) is 0 Å². The van der Waals surface area contributed by atoms with E-state index in [0.29, 0.717) is 6.42 Å². The molecule has 630 valence electrons. The summed E-state index contributed by atoms with van der Waals surface area (Å²) in [6.07, 6.45) is -7.95. The van der Waals surface area contributed by atoms with E-state index < -0.39 is 267 Å². The van der Waals surface area contributed by atoms with E-state index in [2.05, 4.69) is 58.5 Å². The van der Waals surface area contributed by atoms with Crippen LogP contribution in [0.3, 0.4) is 0 Å². The first-order chi connectivity index (χ1) is 54.2. The summed E-state index contributed by atoms with van der Waals surface area (Å²) in [5.41, 5.74) is 13.1. The number of aromatic hydroxyl groups is 2. The average Bonchev–Trinajstić information content (AvgIpc) is 0.712. The minimum absolute atomic E-state index is 0.00496. The van der Waals surface area contributed by atoms with Crippen molar-refractivity contribution in [1.29, 1.82) is 0 Å². The molecule has 41 nitrogen and oxygen atoms in total. The van der Waals surface area contributed by atoms with Crippen molar-refractivity contribution in [2.45, 2.75) is 209 Å². The van der Waals surface area contributed by atoms with E-state index in [-0.39, 0.29) is 89.6 Å². The molecule has 0 saturated carbocycles. The highest BCUT2D eigenvalue weighted by Crippen LogP contribution is 2.49. The van der Waals surface area contributed by atoms with Gasteiger partial charge in [0.15, 0.2) is 11.6 Å². The van der Waals surface area contributed by atoms with Gasteiger partial charge in [0.25, 0.3) is 0 Å². The maximum Gasteiger partial charge on any atom is 0.245 e. The van der Waals surface area contributed by atoms with Crippen LogP contribution < -0.4 is 85.2 Å². The molecule has 1 saturated heterocycles. The lowest BCUT2D eigenvalue weighted by molar-refractivity contribution is -0.191. The van der Waals surface area contributed by atoms with Crippen LogP contribution in [-0.2, 0) is 91.1 Å². The van der Waals surface area contributed by atoms with E-state index in [4.69, 9.17) is 31.4 Å². The molecule has 0 radical (unpaired) electrons. The molecule has 1 aliphatic heterocycles. The number of hydrogen-bond donors (Lipinski definition) is 22. The fourth-order valence-corrected chi connectivity index (χ4v) is 13.1. The molecule has 2 aliphatic carbocycles. The third kappa shape index (κ3) is 24.6. The summed E-state index contributed by atoms with van der Waals surface area (Å²) in [4.78, 5) is 217. The Bertz CT molecular complexity index is 4140. The van der Waals surface area contributed by atoms with Gasteiger partial charge in [0, 0.05) is 49.3 Å². The number of benzene rings is 3. The molecule has 41 heteroatoms. The molecule has 1 fully saturated rings. The SMILES string of the molecule is COc1cccc2c1C(=O)c1c(OC3C[C@@H](NC(=O)[C@H](CC(C)C)NC(=O)[C@H](CO)NC(=O)[C@H](CO)NC(=O)[C@H](CCC(N)=O)NC(=O)[C@H](Cc4ccc(O)cc4)NC(=O)[C@H](CO)NC(=O)[C@H](C)NC(=O)[C@H](CCCCN)NC(=O)[C@H](CC(N)=O)NC(=O)[C@H](C)NC(C)=O)[C@@H](O)[C@@H](C)O3)c3c(c(O)c1C2=O)C[C@@](O)(C(=O)CO)CC3. The number of unbranched alkanes of at least 4 members (excludes halogenated alkanes) is 1. The number of rotatable bonds is 42. The lowest BCUT2D eigenvalue weighted by Crippen LogP contribution is -2.62. The van der Waals surface area contributed by atoms with Gasteiger partial charge in [-0.05, 0) is 102 Å². The highest BCUT2D eigenvalue weighted by atomic mass is 16.7. The third-order valence-corrected chi connectivity index (χ3v) is 19.3. The number of aliphatic hydroxyl groups is 6. The minimum Gasteiger partial charge on any atom is -0.508 e. The Balaban J connectivity index is 1.15. The quantitative estimate of drug-likeness (QED) is 0.0183. The van der Waals surface area contributed by atoms with Crippen molar-refractivity contribution in [3.05, 3.63) is 81.4 Å². The molecule has 6 rings (SSSR count). The van der Waals surface area contributed by atoms with Crippen LogP contribution in [0, 0.1) is 5.92 Å². The number of fused-ring (bicyclic) bond motifs is 3. The average molecular weight is 1620 g/mol. The first-order valence-electron chi connectivity index (χ1n) is 37.0. The third-order valence-electron chi connectivity index (χ3n) is 19.3. The molecular weight excluding hydrogens is 1520 g/mol. The lowest BCUT2D eigenvalue weighted by atomic mass is 9.73. The first-order valence-corrected chi connectivity index (χ1v) is 37.0. The van der Waals surface area contributed by atoms with Crippen LogP contribution in [0.1, 0.15) is 148 Å². The van der Waals surface area contributed by atoms with Crippen molar-refractivity contribution in [1.82, 2.24) is 58.5 Å². The van der Waals surface area contributed by atoms with E-state index in [1.165, 1.54) is 63.4 Å². The molecule has 1 heterocycles. The Morgan fingerprint density at radius 3 is 1.64 bits per heavy atom. The smallest absolute Gasteiger partial charge is 0.245 e. The fraction of sp³-hybridized carbons (Fsp3) is 0.541. The maximum atomic E-state index is 14.7. The number of aliphatic hydroxyl groups excluding tert-OH is 5. The van der Waals surface area contributed by atoms with Gasteiger partial charge in [0.05, 0.1) is 62.2 Å². The monoisotopic (exact) mass is 1620 g/mol. The topological polar surface area (TPSA) is 673 Å². The predicted octanol–water partition coefficient (Wildman–Crippen LogP) is -7.53. The van der Waals surface area contributed by atoms with Crippen LogP contribution in [0.5, 0.6) is 23.0 Å². The summed E-state index contributed by atoms with van der Waals surface area (Å²) in [6, 6.07) is -8.88. The first kappa shape index (κ1) is 92.5. The van der Waals surface area contributed by atoms with Gasteiger partial charge in [0.2, 0.25) is 88.9 Å². The largest absolute Gasteiger partial charge is 0.508 e. The van der Waals surface area contributed by atoms with Crippen molar-refractivity contribution in [2.24, 2.45) is 23.1 Å². The number of phenolic OH excluding ortho intramolecular Hbond substituents is 2. The number of amides is 13. The minimum atomic E-state index is -2.22. The molecule has 115 heavy (non-hydrogen) atoms. The van der Waals surface area contributed by atoms with Crippen LogP contribution in [0.25, 0.3) is 0 Å².